The maximum absolute atomic E-state index is 5.74. The first kappa shape index (κ1) is 7.55. The van der Waals surface area contributed by atoms with Crippen LogP contribution in [0.2, 0.25) is 5.02 Å². The Balaban J connectivity index is 2.75. The van der Waals surface area contributed by atoms with Gasteiger partial charge in [0.25, 0.3) is 0 Å². The molecule has 1 aromatic heterocycles. The molecular weight excluding hydrogens is 146 g/mol. The SMILES string of the molecule is CCCc1cc(Cl)ccn1. The lowest BCUT2D eigenvalue weighted by molar-refractivity contribution is 0.883. The number of hydrogen-bond acceptors (Lipinski definition) is 1. The van der Waals surface area contributed by atoms with Gasteiger partial charge in [-0.3, -0.25) is 4.98 Å². The summed E-state index contributed by atoms with van der Waals surface area (Å²) in [5.41, 5.74) is 1.08. The van der Waals surface area contributed by atoms with Gasteiger partial charge in [0.05, 0.1) is 0 Å². The number of aromatic nitrogens is 1. The van der Waals surface area contributed by atoms with Gasteiger partial charge >= 0.3 is 0 Å². The smallest absolute Gasteiger partial charge is 0.0439 e. The van der Waals surface area contributed by atoms with Crippen molar-refractivity contribution in [1.29, 1.82) is 0 Å². The molecule has 0 spiro atoms. The Morgan fingerprint density at radius 1 is 1.60 bits per heavy atom. The van der Waals surface area contributed by atoms with E-state index in [-0.39, 0.29) is 0 Å². The Morgan fingerprint density at radius 3 is 3.00 bits per heavy atom. The minimum absolute atomic E-state index is 0.776. The third kappa shape index (κ3) is 1.99. The first-order chi connectivity index (χ1) is 4.83. The molecule has 0 N–H and O–H groups in total. The van der Waals surface area contributed by atoms with Crippen molar-refractivity contribution in [1.82, 2.24) is 4.98 Å². The van der Waals surface area contributed by atoms with E-state index in [0.717, 1.165) is 23.6 Å². The second-order valence-corrected chi connectivity index (χ2v) is 2.65. The van der Waals surface area contributed by atoms with E-state index in [1.54, 1.807) is 12.3 Å². The summed E-state index contributed by atoms with van der Waals surface area (Å²) in [6.07, 6.45) is 3.88. The molecule has 0 unspecified atom stereocenters. The molecule has 1 nitrogen and oxygen atoms in total. The second kappa shape index (κ2) is 3.57. The minimum Gasteiger partial charge on any atom is -0.261 e. The van der Waals surface area contributed by atoms with Crippen molar-refractivity contribution in [2.24, 2.45) is 0 Å². The normalized spacial score (nSPS) is 9.80. The molecule has 10 heavy (non-hydrogen) atoms. The van der Waals surface area contributed by atoms with Gasteiger partial charge in [0.15, 0.2) is 0 Å². The van der Waals surface area contributed by atoms with Crippen LogP contribution >= 0.6 is 11.6 Å². The van der Waals surface area contributed by atoms with Crippen LogP contribution in [0.15, 0.2) is 18.3 Å². The first-order valence-electron chi connectivity index (χ1n) is 3.43. The van der Waals surface area contributed by atoms with Gasteiger partial charge in [-0.15, -0.1) is 0 Å². The third-order valence-corrected chi connectivity index (χ3v) is 1.52. The lowest BCUT2D eigenvalue weighted by atomic mass is 10.2. The van der Waals surface area contributed by atoms with E-state index in [1.165, 1.54) is 0 Å². The predicted molar refractivity (Wildman–Crippen MR) is 43.2 cm³/mol. The van der Waals surface area contributed by atoms with Gasteiger partial charge in [-0.25, -0.2) is 0 Å². The van der Waals surface area contributed by atoms with Crippen molar-refractivity contribution >= 4 is 11.6 Å². The predicted octanol–water partition coefficient (Wildman–Crippen LogP) is 2.69. The van der Waals surface area contributed by atoms with Crippen LogP contribution in [0.1, 0.15) is 19.0 Å². The highest BCUT2D eigenvalue weighted by molar-refractivity contribution is 6.30. The molecule has 0 aliphatic carbocycles. The summed E-state index contributed by atoms with van der Waals surface area (Å²) in [5.74, 6) is 0. The van der Waals surface area contributed by atoms with Crippen molar-refractivity contribution in [2.75, 3.05) is 0 Å². The summed E-state index contributed by atoms with van der Waals surface area (Å²) >= 11 is 5.74. The molecule has 0 fully saturated rings. The van der Waals surface area contributed by atoms with E-state index >= 15 is 0 Å². The van der Waals surface area contributed by atoms with Crippen molar-refractivity contribution < 1.29 is 0 Å². The molecule has 1 aromatic rings. The first-order valence-corrected chi connectivity index (χ1v) is 3.81. The summed E-state index contributed by atoms with van der Waals surface area (Å²) in [4.78, 5) is 4.14. The lowest BCUT2D eigenvalue weighted by Crippen LogP contribution is -1.86. The quantitative estimate of drug-likeness (QED) is 0.640. The Hall–Kier alpha value is -0.560. The van der Waals surface area contributed by atoms with Gasteiger partial charge in [-0.2, -0.15) is 0 Å². The molecule has 0 saturated carbocycles. The van der Waals surface area contributed by atoms with Gasteiger partial charge < -0.3 is 0 Å². The summed E-state index contributed by atoms with van der Waals surface area (Å²) in [7, 11) is 0. The molecule has 0 bridgehead atoms. The van der Waals surface area contributed by atoms with E-state index in [0.29, 0.717) is 0 Å². The second-order valence-electron chi connectivity index (χ2n) is 2.22. The van der Waals surface area contributed by atoms with Crippen LogP contribution in [0.3, 0.4) is 0 Å². The number of hydrogen-bond donors (Lipinski definition) is 0. The molecule has 0 aromatic carbocycles. The molecule has 0 saturated heterocycles. The average molecular weight is 156 g/mol. The van der Waals surface area contributed by atoms with Crippen LogP contribution < -0.4 is 0 Å². The van der Waals surface area contributed by atoms with E-state index in [2.05, 4.69) is 11.9 Å². The summed E-state index contributed by atoms with van der Waals surface area (Å²) in [5, 5.41) is 0.776. The Morgan fingerprint density at radius 2 is 2.40 bits per heavy atom. The third-order valence-electron chi connectivity index (χ3n) is 1.28. The van der Waals surface area contributed by atoms with Crippen molar-refractivity contribution in [3.63, 3.8) is 0 Å². The van der Waals surface area contributed by atoms with Crippen molar-refractivity contribution in [3.8, 4) is 0 Å². The van der Waals surface area contributed by atoms with E-state index in [4.69, 9.17) is 11.6 Å². The molecule has 0 atom stereocenters. The zero-order chi connectivity index (χ0) is 7.40. The van der Waals surface area contributed by atoms with Crippen molar-refractivity contribution in [2.45, 2.75) is 19.8 Å². The fourth-order valence-electron chi connectivity index (χ4n) is 0.842. The highest BCUT2D eigenvalue weighted by Gasteiger charge is 1.91. The lowest BCUT2D eigenvalue weighted by Gasteiger charge is -1.95. The number of pyridine rings is 1. The van der Waals surface area contributed by atoms with E-state index < -0.39 is 0 Å². The summed E-state index contributed by atoms with van der Waals surface area (Å²) in [6, 6.07) is 3.70. The number of nitrogens with zero attached hydrogens (tertiary/aromatic N) is 1. The van der Waals surface area contributed by atoms with Crippen LogP contribution in [0.5, 0.6) is 0 Å². The van der Waals surface area contributed by atoms with Crippen LogP contribution in [0.4, 0.5) is 0 Å². The molecule has 2 heteroatoms. The van der Waals surface area contributed by atoms with Crippen molar-refractivity contribution in [3.05, 3.63) is 29.0 Å². The minimum atomic E-state index is 0.776. The zero-order valence-electron chi connectivity index (χ0n) is 5.97. The molecule has 0 aliphatic heterocycles. The fraction of sp³-hybridized carbons (Fsp3) is 0.375. The van der Waals surface area contributed by atoms with Gasteiger partial charge in [0.1, 0.15) is 0 Å². The summed E-state index contributed by atoms with van der Waals surface area (Å²) < 4.78 is 0. The highest BCUT2D eigenvalue weighted by atomic mass is 35.5. The van der Waals surface area contributed by atoms with Gasteiger partial charge in [0, 0.05) is 16.9 Å². The van der Waals surface area contributed by atoms with Gasteiger partial charge in [0.2, 0.25) is 0 Å². The topological polar surface area (TPSA) is 12.9 Å². The van der Waals surface area contributed by atoms with Crippen LogP contribution in [-0.2, 0) is 6.42 Å². The largest absolute Gasteiger partial charge is 0.261 e. The average Bonchev–Trinajstić information content (AvgIpc) is 1.88. The maximum atomic E-state index is 5.74. The van der Waals surface area contributed by atoms with Crippen LogP contribution in [-0.4, -0.2) is 4.98 Å². The Labute approximate surface area is 66.0 Å². The highest BCUT2D eigenvalue weighted by Crippen LogP contribution is 2.08. The number of rotatable bonds is 2. The number of halogens is 1. The number of aryl methyl sites for hydroxylation is 1. The fourth-order valence-corrected chi connectivity index (χ4v) is 1.02. The summed E-state index contributed by atoms with van der Waals surface area (Å²) in [6.45, 7) is 2.13. The standard InChI is InChI=1S/C8H10ClN/c1-2-3-8-6-7(9)4-5-10-8/h4-6H,2-3H2,1H3. The molecule has 0 amide bonds. The molecule has 54 valence electrons. The van der Waals surface area contributed by atoms with E-state index in [9.17, 15) is 0 Å². The Kier molecular flexibility index (Phi) is 2.69. The Bertz CT molecular complexity index is 210. The molecule has 1 rings (SSSR count). The maximum Gasteiger partial charge on any atom is 0.0439 e. The van der Waals surface area contributed by atoms with Gasteiger partial charge in [-0.05, 0) is 18.6 Å². The van der Waals surface area contributed by atoms with Gasteiger partial charge in [-0.1, -0.05) is 24.9 Å². The van der Waals surface area contributed by atoms with Crippen LogP contribution in [0.25, 0.3) is 0 Å². The monoisotopic (exact) mass is 155 g/mol. The molecule has 1 heterocycles. The molecule has 0 aliphatic rings. The zero-order valence-corrected chi connectivity index (χ0v) is 6.73. The molecular formula is C8H10ClN. The van der Waals surface area contributed by atoms with E-state index in [1.807, 2.05) is 6.07 Å². The van der Waals surface area contributed by atoms with Crippen LogP contribution in [0, 0.1) is 0 Å². The molecule has 0 radical (unpaired) electrons.